The fourth-order valence-corrected chi connectivity index (χ4v) is 3.61. The van der Waals surface area contributed by atoms with Gasteiger partial charge in [0, 0.05) is 33.2 Å². The summed E-state index contributed by atoms with van der Waals surface area (Å²) in [6, 6.07) is 12.3. The van der Waals surface area contributed by atoms with Crippen LogP contribution < -0.4 is 5.32 Å². The van der Waals surface area contributed by atoms with E-state index in [2.05, 4.69) is 26.1 Å². The van der Waals surface area contributed by atoms with Gasteiger partial charge in [0.05, 0.1) is 0 Å². The van der Waals surface area contributed by atoms with E-state index in [-0.39, 0.29) is 17.6 Å². The molecule has 1 N–H and O–H groups in total. The number of carbonyl (C=O) groups is 1. The van der Waals surface area contributed by atoms with Gasteiger partial charge in [-0.3, -0.25) is 9.69 Å². The zero-order valence-electron chi connectivity index (χ0n) is 13.6. The molecule has 1 aliphatic heterocycles. The Morgan fingerprint density at radius 3 is 2.68 bits per heavy atom. The molecule has 0 spiro atoms. The molecule has 1 saturated heterocycles. The summed E-state index contributed by atoms with van der Waals surface area (Å²) in [6.45, 7) is 2.10. The Hall–Kier alpha value is -1.43. The van der Waals surface area contributed by atoms with Crippen molar-refractivity contribution >= 4 is 39.1 Å². The SMILES string of the molecule is O=C(Nc1cccc(Br)c1)C1CCN(Cc2ccc(Cl)cc2F)CC1. The van der Waals surface area contributed by atoms with Crippen LogP contribution in [0.5, 0.6) is 0 Å². The maximum absolute atomic E-state index is 13.9. The Labute approximate surface area is 160 Å². The molecule has 1 aliphatic rings. The maximum atomic E-state index is 13.9. The van der Waals surface area contributed by atoms with E-state index in [0.29, 0.717) is 17.1 Å². The second-order valence-corrected chi connectivity index (χ2v) is 7.64. The van der Waals surface area contributed by atoms with Crippen LogP contribution in [0, 0.1) is 11.7 Å². The monoisotopic (exact) mass is 424 g/mol. The lowest BCUT2D eigenvalue weighted by Gasteiger charge is -2.31. The van der Waals surface area contributed by atoms with Gasteiger partial charge in [-0.15, -0.1) is 0 Å². The van der Waals surface area contributed by atoms with Crippen molar-refractivity contribution in [3.8, 4) is 0 Å². The molecule has 1 fully saturated rings. The topological polar surface area (TPSA) is 32.3 Å². The van der Waals surface area contributed by atoms with E-state index in [4.69, 9.17) is 11.6 Å². The van der Waals surface area contributed by atoms with E-state index in [9.17, 15) is 9.18 Å². The second kappa shape index (κ2) is 8.30. The molecule has 3 rings (SSSR count). The Bertz CT molecular complexity index is 763. The lowest BCUT2D eigenvalue weighted by Crippen LogP contribution is -2.37. The second-order valence-electron chi connectivity index (χ2n) is 6.29. The maximum Gasteiger partial charge on any atom is 0.227 e. The number of likely N-dealkylation sites (tertiary alicyclic amines) is 1. The van der Waals surface area contributed by atoms with Gasteiger partial charge in [-0.1, -0.05) is 39.7 Å². The number of halogens is 3. The van der Waals surface area contributed by atoms with Gasteiger partial charge < -0.3 is 5.32 Å². The Kier molecular flexibility index (Phi) is 6.10. The number of rotatable bonds is 4. The Balaban J connectivity index is 1.52. The molecule has 1 heterocycles. The number of carbonyl (C=O) groups excluding carboxylic acids is 1. The van der Waals surface area contributed by atoms with Crippen molar-refractivity contribution < 1.29 is 9.18 Å². The summed E-state index contributed by atoms with van der Waals surface area (Å²) >= 11 is 9.19. The summed E-state index contributed by atoms with van der Waals surface area (Å²) in [7, 11) is 0. The third-order valence-electron chi connectivity index (χ3n) is 4.46. The molecule has 1 amide bonds. The van der Waals surface area contributed by atoms with Crippen molar-refractivity contribution in [3.63, 3.8) is 0 Å². The van der Waals surface area contributed by atoms with E-state index < -0.39 is 0 Å². The van der Waals surface area contributed by atoms with Crippen molar-refractivity contribution in [1.82, 2.24) is 4.90 Å². The summed E-state index contributed by atoms with van der Waals surface area (Å²) in [5, 5.41) is 3.38. The van der Waals surface area contributed by atoms with Gasteiger partial charge in [0.15, 0.2) is 0 Å². The van der Waals surface area contributed by atoms with Gasteiger partial charge in [-0.25, -0.2) is 4.39 Å². The minimum atomic E-state index is -0.276. The molecule has 0 aliphatic carbocycles. The number of piperidine rings is 1. The summed E-state index contributed by atoms with van der Waals surface area (Å²) in [5.41, 5.74) is 1.44. The highest BCUT2D eigenvalue weighted by Gasteiger charge is 2.25. The number of hydrogen-bond donors (Lipinski definition) is 1. The molecule has 132 valence electrons. The normalized spacial score (nSPS) is 16.0. The highest BCUT2D eigenvalue weighted by molar-refractivity contribution is 9.10. The van der Waals surface area contributed by atoms with Crippen LogP contribution in [-0.2, 0) is 11.3 Å². The lowest BCUT2D eigenvalue weighted by atomic mass is 9.95. The van der Waals surface area contributed by atoms with E-state index >= 15 is 0 Å². The molecule has 0 saturated carbocycles. The number of nitrogens with zero attached hydrogens (tertiary/aromatic N) is 1. The highest BCUT2D eigenvalue weighted by atomic mass is 79.9. The fraction of sp³-hybridized carbons (Fsp3) is 0.316. The fourth-order valence-electron chi connectivity index (χ4n) is 3.05. The predicted octanol–water partition coefficient (Wildman–Crippen LogP) is 5.09. The van der Waals surface area contributed by atoms with E-state index in [0.717, 1.165) is 36.1 Å². The van der Waals surface area contributed by atoms with Gasteiger partial charge in [-0.2, -0.15) is 0 Å². The first-order valence-electron chi connectivity index (χ1n) is 8.24. The van der Waals surface area contributed by atoms with Crippen molar-refractivity contribution in [3.05, 3.63) is 63.3 Å². The molecule has 0 radical (unpaired) electrons. The molecule has 25 heavy (non-hydrogen) atoms. The van der Waals surface area contributed by atoms with Crippen LogP contribution in [-0.4, -0.2) is 23.9 Å². The van der Waals surface area contributed by atoms with E-state index in [1.54, 1.807) is 12.1 Å². The first-order valence-corrected chi connectivity index (χ1v) is 9.41. The van der Waals surface area contributed by atoms with Crippen LogP contribution in [0.1, 0.15) is 18.4 Å². The molecule has 0 bridgehead atoms. The molecule has 2 aromatic carbocycles. The molecule has 0 unspecified atom stereocenters. The molecule has 2 aromatic rings. The molecule has 3 nitrogen and oxygen atoms in total. The number of anilines is 1. The number of benzene rings is 2. The first-order chi connectivity index (χ1) is 12.0. The standard InChI is InChI=1S/C19H19BrClFN2O/c20-15-2-1-3-17(10-15)23-19(25)13-6-8-24(9-7-13)12-14-4-5-16(21)11-18(14)22/h1-5,10-11,13H,6-9,12H2,(H,23,25). The van der Waals surface area contributed by atoms with Gasteiger partial charge in [0.1, 0.15) is 5.82 Å². The van der Waals surface area contributed by atoms with Crippen LogP contribution in [0.2, 0.25) is 5.02 Å². The van der Waals surface area contributed by atoms with Crippen molar-refractivity contribution in [2.24, 2.45) is 5.92 Å². The summed E-state index contributed by atoms with van der Waals surface area (Å²) in [5.74, 6) is -0.234. The van der Waals surface area contributed by atoms with Crippen LogP contribution in [0.3, 0.4) is 0 Å². The van der Waals surface area contributed by atoms with E-state index in [1.165, 1.54) is 6.07 Å². The predicted molar refractivity (Wildman–Crippen MR) is 102 cm³/mol. The Morgan fingerprint density at radius 1 is 1.24 bits per heavy atom. The number of hydrogen-bond acceptors (Lipinski definition) is 2. The lowest BCUT2D eigenvalue weighted by molar-refractivity contribution is -0.121. The quantitative estimate of drug-likeness (QED) is 0.740. The minimum Gasteiger partial charge on any atom is -0.326 e. The molecule has 0 atom stereocenters. The zero-order chi connectivity index (χ0) is 17.8. The number of nitrogens with one attached hydrogen (secondary N) is 1. The third kappa shape index (κ3) is 5.03. The van der Waals surface area contributed by atoms with Crippen LogP contribution in [0.15, 0.2) is 46.9 Å². The molecular weight excluding hydrogens is 407 g/mol. The minimum absolute atomic E-state index is 0.00898. The summed E-state index contributed by atoms with van der Waals surface area (Å²) in [6.07, 6.45) is 1.55. The molecule has 6 heteroatoms. The average Bonchev–Trinajstić information content (AvgIpc) is 2.58. The largest absolute Gasteiger partial charge is 0.326 e. The van der Waals surface area contributed by atoms with Gasteiger partial charge in [-0.05, 0) is 56.3 Å². The zero-order valence-corrected chi connectivity index (χ0v) is 16.0. The highest BCUT2D eigenvalue weighted by Crippen LogP contribution is 2.23. The van der Waals surface area contributed by atoms with Crippen molar-refractivity contribution in [2.75, 3.05) is 18.4 Å². The molecule has 0 aromatic heterocycles. The first kappa shape index (κ1) is 18.4. The summed E-state index contributed by atoms with van der Waals surface area (Å²) in [4.78, 5) is 14.6. The van der Waals surface area contributed by atoms with Crippen LogP contribution in [0.25, 0.3) is 0 Å². The summed E-state index contributed by atoms with van der Waals surface area (Å²) < 4.78 is 14.8. The van der Waals surface area contributed by atoms with E-state index in [1.807, 2.05) is 24.3 Å². The van der Waals surface area contributed by atoms with Crippen molar-refractivity contribution in [1.29, 1.82) is 0 Å². The van der Waals surface area contributed by atoms with Crippen LogP contribution in [0.4, 0.5) is 10.1 Å². The third-order valence-corrected chi connectivity index (χ3v) is 5.19. The average molecular weight is 426 g/mol. The smallest absolute Gasteiger partial charge is 0.227 e. The van der Waals surface area contributed by atoms with Crippen molar-refractivity contribution in [2.45, 2.75) is 19.4 Å². The Morgan fingerprint density at radius 2 is 2.00 bits per heavy atom. The van der Waals surface area contributed by atoms with Gasteiger partial charge >= 0.3 is 0 Å². The van der Waals surface area contributed by atoms with Gasteiger partial charge in [0.2, 0.25) is 5.91 Å². The van der Waals surface area contributed by atoms with Gasteiger partial charge in [0.25, 0.3) is 0 Å². The van der Waals surface area contributed by atoms with Crippen LogP contribution >= 0.6 is 27.5 Å². The number of amides is 1. The molecular formula is C19H19BrClFN2O.